The van der Waals surface area contributed by atoms with Crippen LogP contribution in [0.25, 0.3) is 10.4 Å². The quantitative estimate of drug-likeness (QED) is 0.201. The van der Waals surface area contributed by atoms with Crippen LogP contribution in [0.15, 0.2) is 5.11 Å². The Hall–Kier alpha value is -0.820. The summed E-state index contributed by atoms with van der Waals surface area (Å²) in [4.78, 5) is 2.50. The summed E-state index contributed by atoms with van der Waals surface area (Å²) < 4.78 is 28.7. The number of thiol groups is 1. The molecule has 12 heavy (non-hydrogen) atoms. The van der Waals surface area contributed by atoms with E-state index in [0.717, 1.165) is 0 Å². The van der Waals surface area contributed by atoms with E-state index in [4.69, 9.17) is 10.3 Å². The highest BCUT2D eigenvalue weighted by Crippen LogP contribution is 1.79. The fraction of sp³-hybridized carbons (Fsp3) is 1.00. The molecule has 0 aliphatic rings. The van der Waals surface area contributed by atoms with E-state index in [-0.39, 0.29) is 26.4 Å². The van der Waals surface area contributed by atoms with Crippen LogP contribution in [0, 0.1) is 0 Å². The fourth-order valence-electron chi connectivity index (χ4n) is 0.423. The summed E-state index contributed by atoms with van der Waals surface area (Å²) in [7, 11) is -2.79. The summed E-state index contributed by atoms with van der Waals surface area (Å²) >= 11 is 0. The Morgan fingerprint density at radius 2 is 2.08 bits per heavy atom. The molecule has 0 fully saturated rings. The predicted molar refractivity (Wildman–Crippen MR) is 41.1 cm³/mol. The molecule has 8 heteroatoms. The minimum absolute atomic E-state index is 0.00499. The van der Waals surface area contributed by atoms with E-state index in [9.17, 15) is 8.42 Å². The topological polar surface area (TPSA) is 101 Å². The molecular weight excluding hydrogens is 186 g/mol. The van der Waals surface area contributed by atoms with E-state index < -0.39 is 11.0 Å². The Kier molecular flexibility index (Phi) is 7.71. The van der Waals surface area contributed by atoms with E-state index in [1.807, 2.05) is 0 Å². The second-order valence-corrected chi connectivity index (χ2v) is 2.33. The molecule has 0 aromatic rings. The van der Waals surface area contributed by atoms with Crippen molar-refractivity contribution in [2.75, 3.05) is 26.4 Å². The third-order valence-corrected chi connectivity index (χ3v) is 1.22. The van der Waals surface area contributed by atoms with Crippen molar-refractivity contribution in [3.63, 3.8) is 0 Å². The van der Waals surface area contributed by atoms with Crippen LogP contribution < -0.4 is 0 Å². The van der Waals surface area contributed by atoms with Gasteiger partial charge < -0.3 is 4.74 Å². The molecule has 0 aliphatic carbocycles. The van der Waals surface area contributed by atoms with Crippen LogP contribution >= 0.6 is 0 Å². The minimum Gasteiger partial charge on any atom is -0.379 e. The number of hydrogen-bond acceptors (Lipinski definition) is 5. The fourth-order valence-corrected chi connectivity index (χ4v) is 0.646. The van der Waals surface area contributed by atoms with Gasteiger partial charge in [0, 0.05) is 11.5 Å². The monoisotopic (exact) mass is 195 g/mol. The largest absolute Gasteiger partial charge is 0.379 e. The highest BCUT2D eigenvalue weighted by molar-refractivity contribution is 7.67. The van der Waals surface area contributed by atoms with Crippen LogP contribution in [-0.4, -0.2) is 34.8 Å². The van der Waals surface area contributed by atoms with Crippen molar-refractivity contribution in [1.29, 1.82) is 0 Å². The molecule has 0 N–H and O–H groups in total. The second kappa shape index (κ2) is 8.28. The lowest BCUT2D eigenvalue weighted by Gasteiger charge is -1.98. The van der Waals surface area contributed by atoms with Gasteiger partial charge in [-0.2, -0.15) is 0 Å². The van der Waals surface area contributed by atoms with Gasteiger partial charge in [-0.3, -0.25) is 4.18 Å². The molecule has 0 spiro atoms. The zero-order valence-electron chi connectivity index (χ0n) is 6.25. The predicted octanol–water partition coefficient (Wildman–Crippen LogP) is -0.144. The summed E-state index contributed by atoms with van der Waals surface area (Å²) in [5.74, 6) is 0. The summed E-state index contributed by atoms with van der Waals surface area (Å²) in [6.45, 7) is 0.669. The first-order valence-electron chi connectivity index (χ1n) is 3.13. The van der Waals surface area contributed by atoms with Crippen molar-refractivity contribution < 1.29 is 17.3 Å². The van der Waals surface area contributed by atoms with E-state index in [1.54, 1.807) is 0 Å². The molecule has 0 rings (SSSR count). The van der Waals surface area contributed by atoms with Gasteiger partial charge in [-0.15, -0.1) is 0 Å². The molecule has 0 aromatic heterocycles. The smallest absolute Gasteiger partial charge is 0.257 e. The van der Waals surface area contributed by atoms with Gasteiger partial charge in [-0.25, -0.2) is 8.42 Å². The van der Waals surface area contributed by atoms with Gasteiger partial charge in [0.2, 0.25) is 0 Å². The van der Waals surface area contributed by atoms with Crippen LogP contribution in [0.4, 0.5) is 0 Å². The Morgan fingerprint density at radius 3 is 2.67 bits per heavy atom. The molecule has 0 amide bonds. The van der Waals surface area contributed by atoms with Crippen LogP contribution in [0.1, 0.15) is 0 Å². The van der Waals surface area contributed by atoms with Crippen LogP contribution in [0.5, 0.6) is 0 Å². The zero-order chi connectivity index (χ0) is 9.23. The maximum atomic E-state index is 9.83. The lowest BCUT2D eigenvalue weighted by molar-refractivity contribution is 0.110. The van der Waals surface area contributed by atoms with Crippen molar-refractivity contribution in [3.05, 3.63) is 10.4 Å². The molecule has 0 aliphatic heterocycles. The number of azide groups is 1. The third-order valence-electron chi connectivity index (χ3n) is 0.823. The van der Waals surface area contributed by atoms with E-state index in [2.05, 4.69) is 14.2 Å². The molecule has 70 valence electrons. The first kappa shape index (κ1) is 11.2. The molecule has 0 aromatic carbocycles. The summed E-state index contributed by atoms with van der Waals surface area (Å²) in [5.41, 5.74) is 7.84. The molecule has 0 atom stereocenters. The Labute approximate surface area is 71.1 Å². The van der Waals surface area contributed by atoms with Crippen molar-refractivity contribution >= 4 is 11.0 Å². The van der Waals surface area contributed by atoms with E-state index in [0.29, 0.717) is 0 Å². The van der Waals surface area contributed by atoms with Gasteiger partial charge in [0.25, 0.3) is 11.0 Å². The molecule has 0 heterocycles. The average Bonchev–Trinajstić information content (AvgIpc) is 2.02. The lowest BCUT2D eigenvalue weighted by Crippen LogP contribution is -2.05. The Balaban J connectivity index is 3.05. The van der Waals surface area contributed by atoms with Gasteiger partial charge in [0.1, 0.15) is 0 Å². The van der Waals surface area contributed by atoms with Crippen LogP contribution in [0.3, 0.4) is 0 Å². The van der Waals surface area contributed by atoms with E-state index >= 15 is 0 Å². The van der Waals surface area contributed by atoms with Crippen molar-refractivity contribution in [2.24, 2.45) is 5.11 Å². The summed E-state index contributed by atoms with van der Waals surface area (Å²) in [5, 5.41) is 3.20. The zero-order valence-corrected chi connectivity index (χ0v) is 7.14. The highest BCUT2D eigenvalue weighted by Gasteiger charge is 1.88. The van der Waals surface area contributed by atoms with Gasteiger partial charge in [0.05, 0.1) is 19.8 Å². The maximum absolute atomic E-state index is 9.83. The molecule has 7 nitrogen and oxygen atoms in total. The minimum atomic E-state index is -2.79. The standard InChI is InChI=1S/C4H9N3O4S/c5-7-6-1-2-10-3-4-11-12(8)9/h12H,1-4H2. The lowest BCUT2D eigenvalue weighted by atomic mass is 10.7. The van der Waals surface area contributed by atoms with Gasteiger partial charge in [-0.05, 0) is 5.53 Å². The average molecular weight is 195 g/mol. The molecule has 0 bridgehead atoms. The van der Waals surface area contributed by atoms with Crippen molar-refractivity contribution in [1.82, 2.24) is 0 Å². The molecule has 0 saturated carbocycles. The van der Waals surface area contributed by atoms with Gasteiger partial charge in [-0.1, -0.05) is 5.11 Å². The summed E-state index contributed by atoms with van der Waals surface area (Å²) in [6, 6.07) is 0. The maximum Gasteiger partial charge on any atom is 0.257 e. The first-order chi connectivity index (χ1) is 5.77. The molecule has 0 unspecified atom stereocenters. The number of hydrogen-bond donors (Lipinski definition) is 1. The number of rotatable bonds is 7. The number of nitrogens with zero attached hydrogens (tertiary/aromatic N) is 3. The van der Waals surface area contributed by atoms with E-state index in [1.165, 1.54) is 0 Å². The van der Waals surface area contributed by atoms with Crippen LogP contribution in [-0.2, 0) is 19.9 Å². The normalized spacial score (nSPS) is 9.75. The molecule has 0 saturated heterocycles. The van der Waals surface area contributed by atoms with Gasteiger partial charge >= 0.3 is 0 Å². The summed E-state index contributed by atoms with van der Waals surface area (Å²) in [6.07, 6.45) is 0. The third kappa shape index (κ3) is 9.18. The SMILES string of the molecule is [N-]=[N+]=NCCOCCO[SH](=O)=O. The molecule has 0 radical (unpaired) electrons. The Bertz CT molecular complexity index is 214. The highest BCUT2D eigenvalue weighted by atomic mass is 32.2. The first-order valence-corrected chi connectivity index (χ1v) is 4.23. The van der Waals surface area contributed by atoms with Crippen molar-refractivity contribution in [3.8, 4) is 0 Å². The van der Waals surface area contributed by atoms with Crippen LogP contribution in [0.2, 0.25) is 0 Å². The molecular formula is C4H9N3O4S. The Morgan fingerprint density at radius 1 is 1.33 bits per heavy atom. The van der Waals surface area contributed by atoms with Gasteiger partial charge in [0.15, 0.2) is 0 Å². The van der Waals surface area contributed by atoms with Crippen molar-refractivity contribution in [2.45, 2.75) is 0 Å². The second-order valence-electron chi connectivity index (χ2n) is 1.62. The number of ether oxygens (including phenoxy) is 1.